The number of aryl methyl sites for hydroxylation is 1. The predicted molar refractivity (Wildman–Crippen MR) is 75.2 cm³/mol. The van der Waals surface area contributed by atoms with Gasteiger partial charge < -0.3 is 10.1 Å². The molecule has 20 heavy (non-hydrogen) atoms. The molecular formula is C15H18FN3O. The van der Waals surface area contributed by atoms with E-state index in [1.54, 1.807) is 25.1 Å². The van der Waals surface area contributed by atoms with Crippen LogP contribution >= 0.6 is 0 Å². The Balaban J connectivity index is 1.97. The molecule has 0 atom stereocenters. The highest BCUT2D eigenvalue weighted by Crippen LogP contribution is 2.21. The zero-order valence-corrected chi connectivity index (χ0v) is 11.7. The first-order valence-corrected chi connectivity index (χ1v) is 6.66. The summed E-state index contributed by atoms with van der Waals surface area (Å²) >= 11 is 0. The Kier molecular flexibility index (Phi) is 5.01. The molecule has 2 aromatic rings. The summed E-state index contributed by atoms with van der Waals surface area (Å²) in [7, 11) is 0. The number of hydrogen-bond donors (Lipinski definition) is 1. The largest absolute Gasteiger partial charge is 0.438 e. The van der Waals surface area contributed by atoms with Gasteiger partial charge in [-0.1, -0.05) is 6.92 Å². The van der Waals surface area contributed by atoms with Crippen LogP contribution in [0.15, 0.2) is 30.3 Å². The molecule has 0 aliphatic heterocycles. The molecule has 1 aromatic heterocycles. The predicted octanol–water partition coefficient (Wildman–Crippen LogP) is 3.22. The average molecular weight is 275 g/mol. The van der Waals surface area contributed by atoms with Crippen molar-refractivity contribution in [3.05, 3.63) is 47.4 Å². The molecule has 106 valence electrons. The lowest BCUT2D eigenvalue weighted by molar-refractivity contribution is 0.451. The van der Waals surface area contributed by atoms with Crippen molar-refractivity contribution < 1.29 is 9.13 Å². The summed E-state index contributed by atoms with van der Waals surface area (Å²) in [5.74, 6) is 0.700. The number of nitrogens with zero attached hydrogens (tertiary/aromatic N) is 2. The molecule has 5 heteroatoms. The van der Waals surface area contributed by atoms with Crippen LogP contribution in [0.2, 0.25) is 0 Å². The van der Waals surface area contributed by atoms with Gasteiger partial charge in [0.15, 0.2) is 0 Å². The lowest BCUT2D eigenvalue weighted by atomic mass is 10.2. The molecule has 0 fully saturated rings. The Morgan fingerprint density at radius 1 is 1.20 bits per heavy atom. The summed E-state index contributed by atoms with van der Waals surface area (Å²) in [5.41, 5.74) is 1.40. The van der Waals surface area contributed by atoms with Crippen molar-refractivity contribution >= 4 is 0 Å². The minimum atomic E-state index is -0.249. The lowest BCUT2D eigenvalue weighted by Crippen LogP contribution is -2.15. The van der Waals surface area contributed by atoms with Gasteiger partial charge in [-0.15, -0.1) is 5.10 Å². The molecule has 0 aliphatic rings. The first kappa shape index (κ1) is 14.4. The number of benzene rings is 1. The molecule has 0 unspecified atom stereocenters. The molecule has 0 bridgehead atoms. The number of ether oxygens (including phenoxy) is 1. The van der Waals surface area contributed by atoms with Crippen molar-refractivity contribution in [1.29, 1.82) is 0 Å². The van der Waals surface area contributed by atoms with Crippen LogP contribution in [0.4, 0.5) is 4.39 Å². The second-order valence-corrected chi connectivity index (χ2v) is 4.55. The van der Waals surface area contributed by atoms with Gasteiger partial charge in [-0.05, 0) is 49.7 Å². The van der Waals surface area contributed by atoms with Gasteiger partial charge in [0, 0.05) is 12.6 Å². The summed E-state index contributed by atoms with van der Waals surface area (Å²) < 4.78 is 18.7. The fraction of sp³-hybridized carbons (Fsp3) is 0.333. The topological polar surface area (TPSA) is 47.0 Å². The number of aromatic nitrogens is 2. The van der Waals surface area contributed by atoms with E-state index in [0.29, 0.717) is 23.7 Å². The van der Waals surface area contributed by atoms with Gasteiger partial charge in [0.25, 0.3) is 0 Å². The summed E-state index contributed by atoms with van der Waals surface area (Å²) in [4.78, 5) is 0. The van der Waals surface area contributed by atoms with E-state index in [0.717, 1.165) is 18.7 Å². The van der Waals surface area contributed by atoms with Crippen LogP contribution < -0.4 is 10.1 Å². The van der Waals surface area contributed by atoms with Crippen LogP contribution in [0.1, 0.15) is 24.6 Å². The fourth-order valence-corrected chi connectivity index (χ4v) is 1.69. The van der Waals surface area contributed by atoms with E-state index in [-0.39, 0.29) is 5.82 Å². The van der Waals surface area contributed by atoms with Crippen LogP contribution in [-0.2, 0) is 6.54 Å². The van der Waals surface area contributed by atoms with E-state index >= 15 is 0 Å². The third-order valence-corrected chi connectivity index (χ3v) is 2.78. The van der Waals surface area contributed by atoms with Crippen molar-refractivity contribution in [2.24, 2.45) is 0 Å². The second-order valence-electron chi connectivity index (χ2n) is 4.55. The van der Waals surface area contributed by atoms with Crippen molar-refractivity contribution in [3.63, 3.8) is 0 Å². The summed E-state index contributed by atoms with van der Waals surface area (Å²) in [5, 5.41) is 11.3. The second kappa shape index (κ2) is 6.96. The Hall–Kier alpha value is -2.01. The molecule has 4 nitrogen and oxygen atoms in total. The van der Waals surface area contributed by atoms with Gasteiger partial charge in [-0.25, -0.2) is 4.39 Å². The van der Waals surface area contributed by atoms with Gasteiger partial charge >= 0.3 is 0 Å². The van der Waals surface area contributed by atoms with Gasteiger partial charge in [-0.3, -0.25) is 0 Å². The quantitative estimate of drug-likeness (QED) is 0.822. The summed E-state index contributed by atoms with van der Waals surface area (Å²) in [6, 6.07) is 8.20. The Morgan fingerprint density at radius 2 is 2.05 bits per heavy atom. The normalized spacial score (nSPS) is 10.6. The third kappa shape index (κ3) is 3.99. The molecule has 0 radical (unpaired) electrons. The molecular weight excluding hydrogens is 257 g/mol. The van der Waals surface area contributed by atoms with E-state index in [1.165, 1.54) is 6.07 Å². The van der Waals surface area contributed by atoms with Crippen molar-refractivity contribution in [1.82, 2.24) is 15.5 Å². The number of rotatable bonds is 6. The molecule has 0 saturated carbocycles. The van der Waals surface area contributed by atoms with Crippen LogP contribution in [0.5, 0.6) is 11.6 Å². The van der Waals surface area contributed by atoms with Crippen LogP contribution in [0, 0.1) is 12.7 Å². The fourth-order valence-electron chi connectivity index (χ4n) is 1.69. The Morgan fingerprint density at radius 3 is 2.70 bits per heavy atom. The maximum Gasteiger partial charge on any atom is 0.238 e. The SMILES string of the molecule is CCCNCc1ccc(Oc2ccc(F)c(C)c2)nn1. The summed E-state index contributed by atoms with van der Waals surface area (Å²) in [6.07, 6.45) is 1.08. The van der Waals surface area contributed by atoms with E-state index in [4.69, 9.17) is 4.74 Å². The lowest BCUT2D eigenvalue weighted by Gasteiger charge is -2.06. The highest BCUT2D eigenvalue weighted by molar-refractivity contribution is 5.31. The third-order valence-electron chi connectivity index (χ3n) is 2.78. The average Bonchev–Trinajstić information content (AvgIpc) is 2.45. The van der Waals surface area contributed by atoms with Crippen molar-refractivity contribution in [2.75, 3.05) is 6.54 Å². The van der Waals surface area contributed by atoms with Crippen LogP contribution in [-0.4, -0.2) is 16.7 Å². The standard InChI is InChI=1S/C15H18FN3O/c1-3-8-17-10-12-4-7-15(19-18-12)20-13-5-6-14(16)11(2)9-13/h4-7,9,17H,3,8,10H2,1-2H3. The maximum absolute atomic E-state index is 13.1. The minimum Gasteiger partial charge on any atom is -0.438 e. The van der Waals surface area contributed by atoms with E-state index in [9.17, 15) is 4.39 Å². The smallest absolute Gasteiger partial charge is 0.238 e. The molecule has 2 rings (SSSR count). The van der Waals surface area contributed by atoms with E-state index < -0.39 is 0 Å². The Bertz CT molecular complexity index is 558. The number of halogens is 1. The first-order valence-electron chi connectivity index (χ1n) is 6.66. The Labute approximate surface area is 118 Å². The molecule has 0 spiro atoms. The molecule has 0 amide bonds. The van der Waals surface area contributed by atoms with Crippen molar-refractivity contribution in [2.45, 2.75) is 26.8 Å². The van der Waals surface area contributed by atoms with Gasteiger partial charge in [0.2, 0.25) is 5.88 Å². The zero-order valence-electron chi connectivity index (χ0n) is 11.7. The van der Waals surface area contributed by atoms with Crippen LogP contribution in [0.25, 0.3) is 0 Å². The highest BCUT2D eigenvalue weighted by Gasteiger charge is 2.03. The minimum absolute atomic E-state index is 0.249. The molecule has 1 N–H and O–H groups in total. The zero-order chi connectivity index (χ0) is 14.4. The highest BCUT2D eigenvalue weighted by atomic mass is 19.1. The monoisotopic (exact) mass is 275 g/mol. The van der Waals surface area contributed by atoms with Gasteiger partial charge in [0.1, 0.15) is 11.6 Å². The first-order chi connectivity index (χ1) is 9.69. The molecule has 0 aliphatic carbocycles. The van der Waals surface area contributed by atoms with E-state index in [2.05, 4.69) is 22.4 Å². The number of nitrogens with one attached hydrogen (secondary N) is 1. The van der Waals surface area contributed by atoms with Crippen molar-refractivity contribution in [3.8, 4) is 11.6 Å². The van der Waals surface area contributed by atoms with Gasteiger partial charge in [-0.2, -0.15) is 5.10 Å². The summed E-state index contributed by atoms with van der Waals surface area (Å²) in [6.45, 7) is 5.45. The van der Waals surface area contributed by atoms with E-state index in [1.807, 2.05) is 6.07 Å². The molecule has 0 saturated heterocycles. The van der Waals surface area contributed by atoms with Crippen LogP contribution in [0.3, 0.4) is 0 Å². The number of hydrogen-bond acceptors (Lipinski definition) is 4. The van der Waals surface area contributed by atoms with Gasteiger partial charge in [0.05, 0.1) is 5.69 Å². The molecule has 1 aromatic carbocycles. The molecule has 1 heterocycles. The maximum atomic E-state index is 13.1.